The van der Waals surface area contributed by atoms with Crippen molar-refractivity contribution >= 4 is 11.6 Å². The summed E-state index contributed by atoms with van der Waals surface area (Å²) < 4.78 is 5.30. The molecule has 6 nitrogen and oxygen atoms in total. The molecule has 1 aromatic heterocycles. The van der Waals surface area contributed by atoms with E-state index in [0.29, 0.717) is 18.8 Å². The highest BCUT2D eigenvalue weighted by Crippen LogP contribution is 2.25. The highest BCUT2D eigenvalue weighted by molar-refractivity contribution is 5.92. The third-order valence-corrected chi connectivity index (χ3v) is 4.23. The van der Waals surface area contributed by atoms with E-state index in [4.69, 9.17) is 4.74 Å². The van der Waals surface area contributed by atoms with Gasteiger partial charge in [-0.1, -0.05) is 6.07 Å². The highest BCUT2D eigenvalue weighted by Gasteiger charge is 2.28. The first-order valence-corrected chi connectivity index (χ1v) is 7.80. The number of anilines is 1. The van der Waals surface area contributed by atoms with Gasteiger partial charge in [-0.25, -0.2) is 4.98 Å². The summed E-state index contributed by atoms with van der Waals surface area (Å²) in [5.41, 5.74) is 1.69. The standard InChI is InChI=1S/C17H22N4O2/c1-12-11-20(17(22)16-10-18-13(2)19-16)7-8-21(12)14-5-4-6-15(9-14)23-3/h4-6,9-10,12H,7-8,11H2,1-3H3,(H,18,19)/t12-/m1/s1. The Morgan fingerprint density at radius 3 is 2.87 bits per heavy atom. The molecule has 0 radical (unpaired) electrons. The molecular formula is C17H22N4O2. The summed E-state index contributed by atoms with van der Waals surface area (Å²) in [5.74, 6) is 1.63. The molecule has 2 heterocycles. The topological polar surface area (TPSA) is 61.5 Å². The number of amides is 1. The smallest absolute Gasteiger partial charge is 0.272 e. The normalized spacial score (nSPS) is 18.1. The molecule has 1 saturated heterocycles. The summed E-state index contributed by atoms with van der Waals surface area (Å²) in [4.78, 5) is 23.8. The van der Waals surface area contributed by atoms with Crippen molar-refractivity contribution in [1.82, 2.24) is 14.9 Å². The zero-order chi connectivity index (χ0) is 16.4. The van der Waals surface area contributed by atoms with Crippen LogP contribution in [0.1, 0.15) is 23.2 Å². The van der Waals surface area contributed by atoms with E-state index in [1.807, 2.05) is 30.0 Å². The number of ether oxygens (including phenoxy) is 1. The molecule has 1 aromatic carbocycles. The summed E-state index contributed by atoms with van der Waals surface area (Å²) >= 11 is 0. The van der Waals surface area contributed by atoms with Crippen LogP contribution in [0.3, 0.4) is 0 Å². The molecule has 6 heteroatoms. The molecule has 1 fully saturated rings. The predicted molar refractivity (Wildman–Crippen MR) is 89.0 cm³/mol. The summed E-state index contributed by atoms with van der Waals surface area (Å²) in [7, 11) is 1.67. The zero-order valence-electron chi connectivity index (χ0n) is 13.7. The molecule has 23 heavy (non-hydrogen) atoms. The van der Waals surface area contributed by atoms with E-state index in [1.54, 1.807) is 13.3 Å². The maximum Gasteiger partial charge on any atom is 0.272 e. The first kappa shape index (κ1) is 15.4. The van der Waals surface area contributed by atoms with Gasteiger partial charge >= 0.3 is 0 Å². The average molecular weight is 314 g/mol. The molecule has 1 aliphatic rings. The molecule has 1 amide bonds. The number of carbonyl (C=O) groups excluding carboxylic acids is 1. The minimum absolute atomic E-state index is 0.0164. The maximum atomic E-state index is 12.5. The molecule has 0 spiro atoms. The summed E-state index contributed by atoms with van der Waals surface area (Å²) in [5, 5.41) is 0. The van der Waals surface area contributed by atoms with Gasteiger partial charge in [0.15, 0.2) is 0 Å². The van der Waals surface area contributed by atoms with Crippen LogP contribution in [0.15, 0.2) is 30.5 Å². The number of hydrogen-bond donors (Lipinski definition) is 1. The molecule has 0 aliphatic carbocycles. The molecule has 1 aliphatic heterocycles. The Balaban J connectivity index is 1.70. The molecule has 0 bridgehead atoms. The molecule has 122 valence electrons. The highest BCUT2D eigenvalue weighted by atomic mass is 16.5. The number of nitrogens with one attached hydrogen (secondary N) is 1. The summed E-state index contributed by atoms with van der Waals surface area (Å²) in [6, 6.07) is 8.28. The predicted octanol–water partition coefficient (Wildman–Crippen LogP) is 2.08. The van der Waals surface area contributed by atoms with E-state index < -0.39 is 0 Å². The number of imidazole rings is 1. The molecule has 0 saturated carbocycles. The molecule has 1 N–H and O–H groups in total. The SMILES string of the molecule is COc1cccc(N2CCN(C(=O)c3cnc(C)[nH]3)C[C@H]2C)c1. The van der Waals surface area contributed by atoms with Crippen LogP contribution in [-0.4, -0.2) is 53.6 Å². The molecule has 3 rings (SSSR count). The van der Waals surface area contributed by atoms with E-state index in [1.165, 1.54) is 0 Å². The van der Waals surface area contributed by atoms with Gasteiger partial charge in [0.1, 0.15) is 17.3 Å². The lowest BCUT2D eigenvalue weighted by atomic mass is 10.1. The number of methoxy groups -OCH3 is 1. The molecular weight excluding hydrogens is 292 g/mol. The van der Waals surface area contributed by atoms with Gasteiger partial charge in [0.2, 0.25) is 0 Å². The van der Waals surface area contributed by atoms with E-state index in [0.717, 1.165) is 23.8 Å². The van der Waals surface area contributed by atoms with Gasteiger partial charge in [-0.15, -0.1) is 0 Å². The number of carbonyl (C=O) groups is 1. The first-order valence-electron chi connectivity index (χ1n) is 7.80. The third kappa shape index (κ3) is 3.16. The van der Waals surface area contributed by atoms with E-state index in [2.05, 4.69) is 27.9 Å². The minimum atomic E-state index is 0.0164. The largest absolute Gasteiger partial charge is 0.497 e. The molecule has 0 unspecified atom stereocenters. The Kier molecular flexibility index (Phi) is 4.23. The number of piperazine rings is 1. The van der Waals surface area contributed by atoms with Crippen molar-refractivity contribution in [3.05, 3.63) is 42.0 Å². The number of benzene rings is 1. The minimum Gasteiger partial charge on any atom is -0.497 e. The van der Waals surface area contributed by atoms with Crippen molar-refractivity contribution in [2.75, 3.05) is 31.6 Å². The lowest BCUT2D eigenvalue weighted by Gasteiger charge is -2.41. The number of aromatic nitrogens is 2. The van der Waals surface area contributed by atoms with Gasteiger partial charge < -0.3 is 19.5 Å². The fraction of sp³-hybridized carbons (Fsp3) is 0.412. The first-order chi connectivity index (χ1) is 11.1. The van der Waals surface area contributed by atoms with Crippen LogP contribution < -0.4 is 9.64 Å². The van der Waals surface area contributed by atoms with Crippen LogP contribution in [0.5, 0.6) is 5.75 Å². The van der Waals surface area contributed by atoms with Crippen LogP contribution in [-0.2, 0) is 0 Å². The summed E-state index contributed by atoms with van der Waals surface area (Å²) in [6.07, 6.45) is 1.61. The second-order valence-corrected chi connectivity index (χ2v) is 5.88. The Hall–Kier alpha value is -2.50. The Morgan fingerprint density at radius 2 is 2.22 bits per heavy atom. The van der Waals surface area contributed by atoms with Gasteiger partial charge in [-0.3, -0.25) is 4.79 Å². The number of H-pyrrole nitrogens is 1. The van der Waals surface area contributed by atoms with Crippen molar-refractivity contribution in [3.8, 4) is 5.75 Å². The van der Waals surface area contributed by atoms with Gasteiger partial charge in [0, 0.05) is 37.4 Å². The quantitative estimate of drug-likeness (QED) is 0.942. The fourth-order valence-electron chi connectivity index (χ4n) is 3.01. The Morgan fingerprint density at radius 1 is 1.39 bits per heavy atom. The fourth-order valence-corrected chi connectivity index (χ4v) is 3.01. The van der Waals surface area contributed by atoms with Crippen LogP contribution in [0, 0.1) is 6.92 Å². The Bertz CT molecular complexity index is 697. The number of aromatic amines is 1. The van der Waals surface area contributed by atoms with Gasteiger partial charge in [-0.2, -0.15) is 0 Å². The maximum absolute atomic E-state index is 12.5. The average Bonchev–Trinajstić information content (AvgIpc) is 3.00. The van der Waals surface area contributed by atoms with Crippen molar-refractivity contribution < 1.29 is 9.53 Å². The van der Waals surface area contributed by atoms with Gasteiger partial charge in [-0.05, 0) is 26.0 Å². The second-order valence-electron chi connectivity index (χ2n) is 5.88. The summed E-state index contributed by atoms with van der Waals surface area (Å²) in [6.45, 7) is 6.16. The number of hydrogen-bond acceptors (Lipinski definition) is 4. The third-order valence-electron chi connectivity index (χ3n) is 4.23. The van der Waals surface area contributed by atoms with Crippen LogP contribution in [0.2, 0.25) is 0 Å². The Labute approximate surface area is 136 Å². The van der Waals surface area contributed by atoms with Crippen molar-refractivity contribution in [2.45, 2.75) is 19.9 Å². The van der Waals surface area contributed by atoms with Crippen molar-refractivity contribution in [2.24, 2.45) is 0 Å². The number of rotatable bonds is 3. The van der Waals surface area contributed by atoms with Crippen LogP contribution in [0.25, 0.3) is 0 Å². The molecule has 1 atom stereocenters. The lowest BCUT2D eigenvalue weighted by molar-refractivity contribution is 0.0721. The van der Waals surface area contributed by atoms with Gasteiger partial charge in [0.25, 0.3) is 5.91 Å². The van der Waals surface area contributed by atoms with E-state index in [-0.39, 0.29) is 11.9 Å². The van der Waals surface area contributed by atoms with Crippen molar-refractivity contribution in [3.63, 3.8) is 0 Å². The number of aryl methyl sites for hydroxylation is 1. The van der Waals surface area contributed by atoms with Gasteiger partial charge in [0.05, 0.1) is 13.3 Å². The van der Waals surface area contributed by atoms with Crippen LogP contribution >= 0.6 is 0 Å². The zero-order valence-corrected chi connectivity index (χ0v) is 13.7. The van der Waals surface area contributed by atoms with E-state index >= 15 is 0 Å². The molecule has 2 aromatic rings. The second kappa shape index (κ2) is 6.32. The lowest BCUT2D eigenvalue weighted by Crippen LogP contribution is -2.53. The van der Waals surface area contributed by atoms with Crippen LogP contribution in [0.4, 0.5) is 5.69 Å². The number of nitrogens with zero attached hydrogens (tertiary/aromatic N) is 3. The monoisotopic (exact) mass is 314 g/mol. The van der Waals surface area contributed by atoms with E-state index in [9.17, 15) is 4.79 Å². The van der Waals surface area contributed by atoms with Crippen molar-refractivity contribution in [1.29, 1.82) is 0 Å².